The largest absolute Gasteiger partial charge is 0.481 e. The standard InChI is InChI=1S/C17H28N4O3S/c1-17(2,3)24-16(22)20(4)12-7-9-21(10-8-12)13-11-14(23-5)19-15(18-13)25-6/h11-12H,7-10H2,1-6H3. The summed E-state index contributed by atoms with van der Waals surface area (Å²) in [7, 11) is 3.42. The van der Waals surface area contributed by atoms with E-state index >= 15 is 0 Å². The summed E-state index contributed by atoms with van der Waals surface area (Å²) >= 11 is 1.49. The van der Waals surface area contributed by atoms with Crippen molar-refractivity contribution in [2.24, 2.45) is 0 Å². The van der Waals surface area contributed by atoms with Gasteiger partial charge in [-0.25, -0.2) is 9.78 Å². The Bertz CT molecular complexity index is 576. The molecule has 0 bridgehead atoms. The Labute approximate surface area is 154 Å². The third-order valence-electron chi connectivity index (χ3n) is 4.08. The summed E-state index contributed by atoms with van der Waals surface area (Å²) in [6, 6.07) is 2.03. The first kappa shape index (κ1) is 19.6. The number of anilines is 1. The molecule has 1 aliphatic rings. The monoisotopic (exact) mass is 368 g/mol. The van der Waals surface area contributed by atoms with Crippen LogP contribution in [0.5, 0.6) is 5.88 Å². The fourth-order valence-electron chi connectivity index (χ4n) is 2.72. The molecule has 1 amide bonds. The number of hydrogen-bond donors (Lipinski definition) is 0. The molecule has 0 saturated carbocycles. The van der Waals surface area contributed by atoms with E-state index in [0.717, 1.165) is 31.7 Å². The molecule has 0 N–H and O–H groups in total. The minimum atomic E-state index is -0.474. The number of hydrogen-bond acceptors (Lipinski definition) is 7. The number of aromatic nitrogens is 2. The van der Waals surface area contributed by atoms with Crippen LogP contribution in [0, 0.1) is 0 Å². The Hall–Kier alpha value is -1.70. The van der Waals surface area contributed by atoms with Crippen LogP contribution in [0.4, 0.5) is 10.6 Å². The van der Waals surface area contributed by atoms with E-state index in [1.165, 1.54) is 11.8 Å². The van der Waals surface area contributed by atoms with Crippen LogP contribution >= 0.6 is 11.8 Å². The van der Waals surface area contributed by atoms with Gasteiger partial charge in [-0.3, -0.25) is 0 Å². The van der Waals surface area contributed by atoms with Crippen molar-refractivity contribution >= 4 is 23.7 Å². The van der Waals surface area contributed by atoms with Gasteiger partial charge in [-0.15, -0.1) is 0 Å². The van der Waals surface area contributed by atoms with Crippen LogP contribution in [-0.4, -0.2) is 66.1 Å². The summed E-state index contributed by atoms with van der Waals surface area (Å²) in [5.41, 5.74) is -0.474. The molecule has 140 valence electrons. The summed E-state index contributed by atoms with van der Waals surface area (Å²) in [6.45, 7) is 7.30. The molecule has 0 radical (unpaired) electrons. The maximum absolute atomic E-state index is 12.2. The van der Waals surface area contributed by atoms with E-state index in [0.29, 0.717) is 11.0 Å². The molecule has 0 atom stereocenters. The predicted molar refractivity (Wildman–Crippen MR) is 99.6 cm³/mol. The summed E-state index contributed by atoms with van der Waals surface area (Å²) in [5.74, 6) is 1.44. The number of amides is 1. The molecule has 2 heterocycles. The summed E-state index contributed by atoms with van der Waals surface area (Å²) in [5, 5.41) is 0.697. The Morgan fingerprint density at radius 3 is 2.48 bits per heavy atom. The van der Waals surface area contributed by atoms with Crippen LogP contribution in [0.1, 0.15) is 33.6 Å². The first-order chi connectivity index (χ1) is 11.7. The lowest BCUT2D eigenvalue weighted by Crippen LogP contribution is -2.47. The van der Waals surface area contributed by atoms with Crippen molar-refractivity contribution in [2.75, 3.05) is 38.4 Å². The van der Waals surface area contributed by atoms with E-state index in [1.807, 2.05) is 40.1 Å². The smallest absolute Gasteiger partial charge is 0.410 e. The Morgan fingerprint density at radius 2 is 1.96 bits per heavy atom. The van der Waals surface area contributed by atoms with Crippen molar-refractivity contribution in [1.82, 2.24) is 14.9 Å². The van der Waals surface area contributed by atoms with Crippen molar-refractivity contribution in [3.63, 3.8) is 0 Å². The van der Waals surface area contributed by atoms with Crippen molar-refractivity contribution in [3.05, 3.63) is 6.07 Å². The van der Waals surface area contributed by atoms with Gasteiger partial charge in [0.2, 0.25) is 5.88 Å². The molecule has 1 aromatic rings. The van der Waals surface area contributed by atoms with Crippen LogP contribution in [-0.2, 0) is 4.74 Å². The zero-order valence-electron chi connectivity index (χ0n) is 15.9. The van der Waals surface area contributed by atoms with Crippen molar-refractivity contribution in [2.45, 2.75) is 50.4 Å². The maximum Gasteiger partial charge on any atom is 0.410 e. The Kier molecular flexibility index (Phi) is 6.37. The quantitative estimate of drug-likeness (QED) is 0.598. The number of ether oxygens (including phenoxy) is 2. The molecule has 0 spiro atoms. The number of thioether (sulfide) groups is 1. The van der Waals surface area contributed by atoms with Crippen LogP contribution in [0.25, 0.3) is 0 Å². The SMILES string of the molecule is COc1cc(N2CCC(N(C)C(=O)OC(C)(C)C)CC2)nc(SC)n1. The van der Waals surface area contributed by atoms with Crippen LogP contribution in [0.3, 0.4) is 0 Å². The number of carbonyl (C=O) groups excluding carboxylic acids is 1. The summed E-state index contributed by atoms with van der Waals surface area (Å²) < 4.78 is 10.7. The molecular weight excluding hydrogens is 340 g/mol. The van der Waals surface area contributed by atoms with Gasteiger partial charge in [-0.1, -0.05) is 11.8 Å². The van der Waals surface area contributed by atoms with E-state index < -0.39 is 5.60 Å². The lowest BCUT2D eigenvalue weighted by atomic mass is 10.0. The van der Waals surface area contributed by atoms with Gasteiger partial charge in [0.25, 0.3) is 0 Å². The molecule has 0 unspecified atom stereocenters. The fourth-order valence-corrected chi connectivity index (χ4v) is 3.08. The molecule has 0 aliphatic carbocycles. The zero-order valence-corrected chi connectivity index (χ0v) is 16.7. The molecule has 0 aromatic carbocycles. The molecule has 1 fully saturated rings. The topological polar surface area (TPSA) is 67.8 Å². The highest BCUT2D eigenvalue weighted by Gasteiger charge is 2.29. The molecule has 1 aromatic heterocycles. The Morgan fingerprint density at radius 1 is 1.32 bits per heavy atom. The van der Waals surface area contributed by atoms with Crippen molar-refractivity contribution in [1.29, 1.82) is 0 Å². The second-order valence-corrected chi connectivity index (χ2v) is 7.84. The zero-order chi connectivity index (χ0) is 18.6. The highest BCUT2D eigenvalue weighted by Crippen LogP contribution is 2.26. The lowest BCUT2D eigenvalue weighted by molar-refractivity contribution is 0.0201. The highest BCUT2D eigenvalue weighted by atomic mass is 32.2. The van der Waals surface area contributed by atoms with Gasteiger partial charge in [0, 0.05) is 32.2 Å². The Balaban J connectivity index is 1.98. The van der Waals surface area contributed by atoms with Gasteiger partial charge in [0.05, 0.1) is 7.11 Å². The molecule has 1 saturated heterocycles. The normalized spacial score (nSPS) is 15.8. The van der Waals surface area contributed by atoms with E-state index in [9.17, 15) is 4.79 Å². The third-order valence-corrected chi connectivity index (χ3v) is 4.63. The van der Waals surface area contributed by atoms with Gasteiger partial charge in [-0.2, -0.15) is 4.98 Å². The third kappa shape index (κ3) is 5.39. The average molecular weight is 369 g/mol. The van der Waals surface area contributed by atoms with E-state index in [1.54, 1.807) is 12.0 Å². The van der Waals surface area contributed by atoms with Crippen molar-refractivity contribution < 1.29 is 14.3 Å². The number of carbonyl (C=O) groups is 1. The minimum Gasteiger partial charge on any atom is -0.481 e. The van der Waals surface area contributed by atoms with Gasteiger partial charge in [0.1, 0.15) is 11.4 Å². The molecule has 2 rings (SSSR count). The van der Waals surface area contributed by atoms with E-state index in [-0.39, 0.29) is 12.1 Å². The molecule has 8 heteroatoms. The second kappa shape index (κ2) is 8.12. The van der Waals surface area contributed by atoms with Crippen LogP contribution in [0.15, 0.2) is 11.2 Å². The van der Waals surface area contributed by atoms with Crippen LogP contribution < -0.4 is 9.64 Å². The summed E-state index contributed by atoms with van der Waals surface area (Å²) in [4.78, 5) is 25.0. The maximum atomic E-state index is 12.2. The lowest BCUT2D eigenvalue weighted by Gasteiger charge is -2.37. The minimum absolute atomic E-state index is 0.176. The first-order valence-electron chi connectivity index (χ1n) is 8.41. The fraction of sp³-hybridized carbons (Fsp3) is 0.706. The number of nitrogens with zero attached hydrogens (tertiary/aromatic N) is 4. The van der Waals surface area contributed by atoms with Gasteiger partial charge < -0.3 is 19.3 Å². The van der Waals surface area contributed by atoms with Gasteiger partial charge in [-0.05, 0) is 39.9 Å². The first-order valence-corrected chi connectivity index (χ1v) is 9.64. The highest BCUT2D eigenvalue weighted by molar-refractivity contribution is 7.98. The van der Waals surface area contributed by atoms with E-state index in [4.69, 9.17) is 9.47 Å². The second-order valence-electron chi connectivity index (χ2n) is 7.06. The summed E-state index contributed by atoms with van der Waals surface area (Å²) in [6.07, 6.45) is 3.42. The number of methoxy groups -OCH3 is 1. The average Bonchev–Trinajstić information content (AvgIpc) is 2.59. The van der Waals surface area contributed by atoms with Crippen molar-refractivity contribution in [3.8, 4) is 5.88 Å². The predicted octanol–water partition coefficient (Wildman–Crippen LogP) is 3.04. The van der Waals surface area contributed by atoms with Gasteiger partial charge in [0.15, 0.2) is 5.16 Å². The van der Waals surface area contributed by atoms with Crippen LogP contribution in [0.2, 0.25) is 0 Å². The van der Waals surface area contributed by atoms with Gasteiger partial charge >= 0.3 is 6.09 Å². The molecular formula is C17H28N4O3S. The van der Waals surface area contributed by atoms with E-state index in [2.05, 4.69) is 14.9 Å². The molecule has 25 heavy (non-hydrogen) atoms. The number of rotatable bonds is 4. The number of piperidine rings is 1. The molecule has 1 aliphatic heterocycles. The molecule has 7 nitrogen and oxygen atoms in total.